The van der Waals surface area contributed by atoms with E-state index in [-0.39, 0.29) is 18.5 Å². The molecule has 0 radical (unpaired) electrons. The van der Waals surface area contributed by atoms with Gasteiger partial charge in [-0.2, -0.15) is 0 Å². The number of hydrogen-bond donors (Lipinski definition) is 1. The van der Waals surface area contributed by atoms with Gasteiger partial charge in [-0.05, 0) is 31.6 Å². The fourth-order valence-electron chi connectivity index (χ4n) is 1.95. The first-order valence-corrected chi connectivity index (χ1v) is 7.44. The number of rotatable bonds is 6. The van der Waals surface area contributed by atoms with Crippen molar-refractivity contribution in [1.29, 1.82) is 0 Å². The molecule has 112 valence electrons. The lowest BCUT2D eigenvalue weighted by Gasteiger charge is -2.23. The second kappa shape index (κ2) is 7.14. The van der Waals surface area contributed by atoms with E-state index in [0.717, 1.165) is 0 Å². The van der Waals surface area contributed by atoms with E-state index >= 15 is 0 Å². The molecule has 0 saturated heterocycles. The zero-order valence-corrected chi connectivity index (χ0v) is 12.8. The number of amides is 1. The van der Waals surface area contributed by atoms with Crippen molar-refractivity contribution in [3.8, 4) is 0 Å². The van der Waals surface area contributed by atoms with E-state index in [1.165, 1.54) is 15.6 Å². The minimum absolute atomic E-state index is 0.0166. The fourth-order valence-corrected chi connectivity index (χ4v) is 2.87. The molecule has 0 unspecified atom stereocenters. The van der Waals surface area contributed by atoms with Gasteiger partial charge >= 0.3 is 5.69 Å². The summed E-state index contributed by atoms with van der Waals surface area (Å²) in [5.74, 6) is -0.200. The van der Waals surface area contributed by atoms with E-state index in [0.29, 0.717) is 6.54 Å². The molecule has 0 aliphatic rings. The summed E-state index contributed by atoms with van der Waals surface area (Å²) in [5.41, 5.74) is -0.421. The van der Waals surface area contributed by atoms with Crippen LogP contribution in [0, 0.1) is 0 Å². The van der Waals surface area contributed by atoms with Crippen molar-refractivity contribution in [2.45, 2.75) is 12.6 Å². The van der Waals surface area contributed by atoms with Crippen LogP contribution in [0.15, 0.2) is 40.8 Å². The lowest BCUT2D eigenvalue weighted by atomic mass is 10.2. The minimum atomic E-state index is -0.421. The van der Waals surface area contributed by atoms with Crippen molar-refractivity contribution in [3.05, 3.63) is 51.3 Å². The average molecular weight is 306 g/mol. The number of carbonyl (C=O) groups is 1. The van der Waals surface area contributed by atoms with Crippen LogP contribution in [0.3, 0.4) is 0 Å². The highest BCUT2D eigenvalue weighted by Crippen LogP contribution is 2.22. The van der Waals surface area contributed by atoms with Crippen LogP contribution in [0.5, 0.6) is 0 Å². The van der Waals surface area contributed by atoms with Crippen molar-refractivity contribution < 1.29 is 4.79 Å². The standard InChI is InChI=1S/C14H18N4O2S/c1-17(2)11(12-5-3-8-21-12)9-16-13(19)10-18-7-4-6-15-14(18)20/h3-8,11H,9-10H2,1-2H3,(H,16,19)/t11-/m0/s1. The highest BCUT2D eigenvalue weighted by Gasteiger charge is 2.16. The summed E-state index contributed by atoms with van der Waals surface area (Å²) in [4.78, 5) is 30.3. The van der Waals surface area contributed by atoms with Gasteiger partial charge in [0.25, 0.3) is 0 Å². The lowest BCUT2D eigenvalue weighted by Crippen LogP contribution is -2.37. The third kappa shape index (κ3) is 4.24. The largest absolute Gasteiger partial charge is 0.353 e. The van der Waals surface area contributed by atoms with Gasteiger partial charge in [0.05, 0.1) is 6.04 Å². The quantitative estimate of drug-likeness (QED) is 0.854. The molecule has 0 aliphatic heterocycles. The average Bonchev–Trinajstić information content (AvgIpc) is 2.95. The molecular formula is C14H18N4O2S. The Morgan fingerprint density at radius 3 is 2.90 bits per heavy atom. The smallest absolute Gasteiger partial charge is 0.347 e. The van der Waals surface area contributed by atoms with Gasteiger partial charge in [0.2, 0.25) is 5.91 Å². The molecule has 0 fully saturated rings. The Balaban J connectivity index is 1.94. The number of aromatic nitrogens is 2. The summed E-state index contributed by atoms with van der Waals surface area (Å²) < 4.78 is 1.28. The van der Waals surface area contributed by atoms with Crippen molar-refractivity contribution >= 4 is 17.2 Å². The Morgan fingerprint density at radius 2 is 2.29 bits per heavy atom. The van der Waals surface area contributed by atoms with Crippen LogP contribution in [-0.4, -0.2) is 41.0 Å². The van der Waals surface area contributed by atoms with Gasteiger partial charge in [-0.1, -0.05) is 6.07 Å². The Hall–Kier alpha value is -1.99. The van der Waals surface area contributed by atoms with E-state index in [2.05, 4.69) is 15.2 Å². The summed E-state index contributed by atoms with van der Waals surface area (Å²) in [6.07, 6.45) is 2.97. The highest BCUT2D eigenvalue weighted by molar-refractivity contribution is 7.10. The first-order valence-electron chi connectivity index (χ1n) is 6.56. The van der Waals surface area contributed by atoms with Crippen LogP contribution in [0.2, 0.25) is 0 Å². The van der Waals surface area contributed by atoms with Gasteiger partial charge in [0.1, 0.15) is 6.54 Å². The number of nitrogens with zero attached hydrogens (tertiary/aromatic N) is 3. The van der Waals surface area contributed by atoms with Gasteiger partial charge in [0, 0.05) is 23.8 Å². The molecule has 0 saturated carbocycles. The first-order chi connectivity index (χ1) is 10.1. The molecule has 1 amide bonds. The first kappa shape index (κ1) is 15.4. The summed E-state index contributed by atoms with van der Waals surface area (Å²) in [6.45, 7) is 0.485. The van der Waals surface area contributed by atoms with E-state index in [1.54, 1.807) is 23.6 Å². The van der Waals surface area contributed by atoms with Crippen LogP contribution < -0.4 is 11.0 Å². The Kier molecular flexibility index (Phi) is 5.24. The summed E-state index contributed by atoms with van der Waals surface area (Å²) in [6, 6.07) is 5.79. The molecule has 0 aliphatic carbocycles. The highest BCUT2D eigenvalue weighted by atomic mass is 32.1. The van der Waals surface area contributed by atoms with Gasteiger partial charge in [0.15, 0.2) is 0 Å². The number of nitrogens with one attached hydrogen (secondary N) is 1. The topological polar surface area (TPSA) is 67.2 Å². The fraction of sp³-hybridized carbons (Fsp3) is 0.357. The molecule has 1 atom stereocenters. The molecule has 6 nitrogen and oxygen atoms in total. The lowest BCUT2D eigenvalue weighted by molar-refractivity contribution is -0.121. The monoisotopic (exact) mass is 306 g/mol. The molecule has 2 heterocycles. The maximum atomic E-state index is 11.9. The maximum Gasteiger partial charge on any atom is 0.347 e. The molecule has 0 aromatic carbocycles. The van der Waals surface area contributed by atoms with Crippen LogP contribution >= 0.6 is 11.3 Å². The Bertz CT molecular complexity index is 636. The SMILES string of the molecule is CN(C)[C@@H](CNC(=O)Cn1cccnc1=O)c1cccs1. The van der Waals surface area contributed by atoms with Crippen molar-refractivity contribution in [2.75, 3.05) is 20.6 Å². The molecular weight excluding hydrogens is 288 g/mol. The molecule has 2 aromatic rings. The molecule has 2 aromatic heterocycles. The van der Waals surface area contributed by atoms with Crippen molar-refractivity contribution in [3.63, 3.8) is 0 Å². The van der Waals surface area contributed by atoms with Crippen LogP contribution in [0.25, 0.3) is 0 Å². The zero-order chi connectivity index (χ0) is 15.2. The predicted octanol–water partition coefficient (Wildman–Crippen LogP) is 0.724. The van der Waals surface area contributed by atoms with E-state index in [1.807, 2.05) is 31.6 Å². The second-order valence-electron chi connectivity index (χ2n) is 4.83. The maximum absolute atomic E-state index is 11.9. The number of hydrogen-bond acceptors (Lipinski definition) is 5. The number of likely N-dealkylation sites (N-methyl/N-ethyl adjacent to an activating group) is 1. The predicted molar refractivity (Wildman–Crippen MR) is 82.3 cm³/mol. The van der Waals surface area contributed by atoms with E-state index < -0.39 is 5.69 Å². The minimum Gasteiger partial charge on any atom is -0.353 e. The van der Waals surface area contributed by atoms with Gasteiger partial charge in [-0.25, -0.2) is 9.78 Å². The van der Waals surface area contributed by atoms with Gasteiger partial charge < -0.3 is 10.2 Å². The number of thiophene rings is 1. The third-order valence-corrected chi connectivity index (χ3v) is 4.06. The summed E-state index contributed by atoms with van der Waals surface area (Å²) in [5, 5.41) is 4.88. The second-order valence-corrected chi connectivity index (χ2v) is 5.81. The Morgan fingerprint density at radius 1 is 1.48 bits per heavy atom. The van der Waals surface area contributed by atoms with Gasteiger partial charge in [-0.15, -0.1) is 11.3 Å². The molecule has 21 heavy (non-hydrogen) atoms. The van der Waals surface area contributed by atoms with Crippen LogP contribution in [0.4, 0.5) is 0 Å². The molecule has 7 heteroatoms. The Labute approximate surface area is 127 Å². The molecule has 0 bridgehead atoms. The normalized spacial score (nSPS) is 12.3. The van der Waals surface area contributed by atoms with Gasteiger partial charge in [-0.3, -0.25) is 9.36 Å². The van der Waals surface area contributed by atoms with E-state index in [9.17, 15) is 9.59 Å². The third-order valence-electron chi connectivity index (χ3n) is 3.08. The summed E-state index contributed by atoms with van der Waals surface area (Å²) in [7, 11) is 3.95. The van der Waals surface area contributed by atoms with Crippen molar-refractivity contribution in [1.82, 2.24) is 19.8 Å². The molecule has 2 rings (SSSR count). The van der Waals surface area contributed by atoms with Crippen LogP contribution in [-0.2, 0) is 11.3 Å². The van der Waals surface area contributed by atoms with Crippen molar-refractivity contribution in [2.24, 2.45) is 0 Å². The molecule has 1 N–H and O–H groups in total. The number of carbonyl (C=O) groups excluding carboxylic acids is 1. The van der Waals surface area contributed by atoms with Crippen LogP contribution in [0.1, 0.15) is 10.9 Å². The zero-order valence-electron chi connectivity index (χ0n) is 12.0. The molecule has 0 spiro atoms. The van der Waals surface area contributed by atoms with E-state index in [4.69, 9.17) is 0 Å². The summed E-state index contributed by atoms with van der Waals surface area (Å²) >= 11 is 1.66.